The van der Waals surface area contributed by atoms with Crippen LogP contribution in [0.2, 0.25) is 0 Å². The standard InChI is InChI=1S/C23H22FN3O2S2/c1-16-7-8-17-15-18(24)9-14-22(17)27(16)31(28,29)21-12-10-20(11-13-21)26-23(30)25-19-5-3-2-4-6-19/h2-6,9-16H,7-8H2,1H3,(H2,25,26,30). The molecule has 1 aliphatic rings. The van der Waals surface area contributed by atoms with Gasteiger partial charge in [-0.25, -0.2) is 12.8 Å². The molecule has 160 valence electrons. The summed E-state index contributed by atoms with van der Waals surface area (Å²) >= 11 is 5.32. The fourth-order valence-corrected chi connectivity index (χ4v) is 5.65. The maximum absolute atomic E-state index is 13.6. The van der Waals surface area contributed by atoms with Crippen molar-refractivity contribution in [2.45, 2.75) is 30.7 Å². The summed E-state index contributed by atoms with van der Waals surface area (Å²) in [7, 11) is -3.80. The molecule has 8 heteroatoms. The van der Waals surface area contributed by atoms with Crippen LogP contribution < -0.4 is 14.9 Å². The van der Waals surface area contributed by atoms with Gasteiger partial charge in [-0.1, -0.05) is 18.2 Å². The van der Waals surface area contributed by atoms with E-state index in [1.54, 1.807) is 30.3 Å². The van der Waals surface area contributed by atoms with Crippen molar-refractivity contribution in [2.24, 2.45) is 0 Å². The van der Waals surface area contributed by atoms with Crippen LogP contribution in [0.3, 0.4) is 0 Å². The van der Waals surface area contributed by atoms with Crippen LogP contribution in [-0.2, 0) is 16.4 Å². The van der Waals surface area contributed by atoms with Crippen LogP contribution in [0.25, 0.3) is 0 Å². The Kier molecular flexibility index (Phi) is 5.93. The summed E-state index contributed by atoms with van der Waals surface area (Å²) in [4.78, 5) is 0.170. The van der Waals surface area contributed by atoms with E-state index >= 15 is 0 Å². The Morgan fingerprint density at radius 2 is 1.65 bits per heavy atom. The molecule has 0 amide bonds. The molecule has 3 aromatic carbocycles. The Morgan fingerprint density at radius 3 is 2.32 bits per heavy atom. The largest absolute Gasteiger partial charge is 0.332 e. The highest BCUT2D eigenvalue weighted by Gasteiger charge is 2.33. The molecule has 31 heavy (non-hydrogen) atoms. The zero-order valence-corrected chi connectivity index (χ0v) is 18.5. The summed E-state index contributed by atoms with van der Waals surface area (Å²) in [6, 6.07) is 20.0. The van der Waals surface area contributed by atoms with E-state index < -0.39 is 10.0 Å². The number of thiocarbonyl (C=S) groups is 1. The van der Waals surface area contributed by atoms with E-state index in [0.717, 1.165) is 5.69 Å². The molecule has 0 saturated heterocycles. The summed E-state index contributed by atoms with van der Waals surface area (Å²) < 4.78 is 41.8. The second kappa shape index (κ2) is 8.64. The third-order valence-corrected chi connectivity index (χ3v) is 7.36. The molecular formula is C23H22FN3O2S2. The summed E-state index contributed by atoms with van der Waals surface area (Å²) in [5, 5.41) is 6.53. The number of sulfonamides is 1. The van der Waals surface area contributed by atoms with Crippen molar-refractivity contribution in [3.05, 3.63) is 84.2 Å². The first kappa shape index (κ1) is 21.3. The number of hydrogen-bond donors (Lipinski definition) is 2. The smallest absolute Gasteiger partial charge is 0.264 e. The average Bonchev–Trinajstić information content (AvgIpc) is 2.74. The number of nitrogens with zero attached hydrogens (tertiary/aromatic N) is 1. The van der Waals surface area contributed by atoms with E-state index in [0.29, 0.717) is 34.9 Å². The van der Waals surface area contributed by atoms with Gasteiger partial charge in [-0.05, 0) is 92.1 Å². The first-order valence-corrected chi connectivity index (χ1v) is 11.8. The zero-order chi connectivity index (χ0) is 22.0. The second-order valence-electron chi connectivity index (χ2n) is 7.43. The van der Waals surface area contributed by atoms with Crippen molar-refractivity contribution in [2.75, 3.05) is 14.9 Å². The van der Waals surface area contributed by atoms with Gasteiger partial charge < -0.3 is 10.6 Å². The molecule has 2 N–H and O–H groups in total. The van der Waals surface area contributed by atoms with E-state index in [-0.39, 0.29) is 16.8 Å². The third-order valence-electron chi connectivity index (χ3n) is 5.21. The van der Waals surface area contributed by atoms with Crippen molar-refractivity contribution in [3.63, 3.8) is 0 Å². The third kappa shape index (κ3) is 4.55. The number of hydrogen-bond acceptors (Lipinski definition) is 3. The van der Waals surface area contributed by atoms with Crippen molar-refractivity contribution < 1.29 is 12.8 Å². The molecule has 0 spiro atoms. The van der Waals surface area contributed by atoms with Crippen LogP contribution in [0.1, 0.15) is 18.9 Å². The number of nitrogens with one attached hydrogen (secondary N) is 2. The van der Waals surface area contributed by atoms with Crippen molar-refractivity contribution in [1.29, 1.82) is 0 Å². The predicted molar refractivity (Wildman–Crippen MR) is 127 cm³/mol. The van der Waals surface area contributed by atoms with Gasteiger partial charge in [-0.15, -0.1) is 0 Å². The minimum atomic E-state index is -3.80. The highest BCUT2D eigenvalue weighted by atomic mass is 32.2. The molecular weight excluding hydrogens is 433 g/mol. The van der Waals surface area contributed by atoms with E-state index in [2.05, 4.69) is 10.6 Å². The number of anilines is 3. The van der Waals surface area contributed by atoms with Gasteiger partial charge in [0.15, 0.2) is 5.11 Å². The minimum absolute atomic E-state index is 0.170. The zero-order valence-electron chi connectivity index (χ0n) is 16.9. The summed E-state index contributed by atoms with van der Waals surface area (Å²) in [5.41, 5.74) is 2.77. The van der Waals surface area contributed by atoms with E-state index in [4.69, 9.17) is 12.2 Å². The fraction of sp³-hybridized carbons (Fsp3) is 0.174. The molecule has 0 aromatic heterocycles. The van der Waals surface area contributed by atoms with Crippen molar-refractivity contribution in [1.82, 2.24) is 0 Å². The van der Waals surface area contributed by atoms with Crippen LogP contribution >= 0.6 is 12.2 Å². The van der Waals surface area contributed by atoms with Crippen LogP contribution in [0, 0.1) is 5.82 Å². The average molecular weight is 456 g/mol. The van der Waals surface area contributed by atoms with Gasteiger partial charge in [0.2, 0.25) is 0 Å². The van der Waals surface area contributed by atoms with Gasteiger partial charge in [0.05, 0.1) is 10.6 Å². The molecule has 1 atom stereocenters. The van der Waals surface area contributed by atoms with E-state index in [1.807, 2.05) is 37.3 Å². The number of halogens is 1. The lowest BCUT2D eigenvalue weighted by Crippen LogP contribution is -2.42. The monoisotopic (exact) mass is 455 g/mol. The maximum Gasteiger partial charge on any atom is 0.264 e. The van der Waals surface area contributed by atoms with Crippen molar-refractivity contribution >= 4 is 44.4 Å². The molecule has 1 aliphatic heterocycles. The quantitative estimate of drug-likeness (QED) is 0.532. The van der Waals surface area contributed by atoms with Crippen molar-refractivity contribution in [3.8, 4) is 0 Å². The molecule has 0 aliphatic carbocycles. The van der Waals surface area contributed by atoms with Gasteiger partial charge in [0.25, 0.3) is 10.0 Å². The highest BCUT2D eigenvalue weighted by molar-refractivity contribution is 7.92. The van der Waals surface area contributed by atoms with Crippen LogP contribution in [-0.4, -0.2) is 19.6 Å². The SMILES string of the molecule is CC1CCc2cc(F)ccc2N1S(=O)(=O)c1ccc(NC(=S)Nc2ccccc2)cc1. The first-order chi connectivity index (χ1) is 14.8. The Bertz CT molecular complexity index is 1200. The lowest BCUT2D eigenvalue weighted by Gasteiger charge is -2.36. The van der Waals surface area contributed by atoms with Gasteiger partial charge in [0.1, 0.15) is 5.82 Å². The van der Waals surface area contributed by atoms with E-state index in [9.17, 15) is 12.8 Å². The Labute approximate surface area is 187 Å². The molecule has 1 heterocycles. The predicted octanol–water partition coefficient (Wildman–Crippen LogP) is 5.16. The van der Waals surface area contributed by atoms with Gasteiger partial charge >= 0.3 is 0 Å². The van der Waals surface area contributed by atoms with Crippen LogP contribution in [0.5, 0.6) is 0 Å². The Balaban J connectivity index is 1.54. The number of rotatable bonds is 4. The fourth-order valence-electron chi connectivity index (χ4n) is 3.69. The maximum atomic E-state index is 13.6. The van der Waals surface area contributed by atoms with Crippen LogP contribution in [0.4, 0.5) is 21.5 Å². The lowest BCUT2D eigenvalue weighted by atomic mass is 9.99. The molecule has 0 fully saturated rings. The normalized spacial score (nSPS) is 15.8. The molecule has 1 unspecified atom stereocenters. The lowest BCUT2D eigenvalue weighted by molar-refractivity contribution is 0.560. The van der Waals surface area contributed by atoms with Gasteiger partial charge in [0, 0.05) is 17.4 Å². The minimum Gasteiger partial charge on any atom is -0.332 e. The Morgan fingerprint density at radius 1 is 1.00 bits per heavy atom. The first-order valence-electron chi connectivity index (χ1n) is 9.90. The topological polar surface area (TPSA) is 61.4 Å². The van der Waals surface area contributed by atoms with Gasteiger partial charge in [-0.2, -0.15) is 0 Å². The number of aryl methyl sites for hydroxylation is 1. The van der Waals surface area contributed by atoms with E-state index in [1.165, 1.54) is 16.4 Å². The molecule has 0 bridgehead atoms. The summed E-state index contributed by atoms with van der Waals surface area (Å²) in [5.74, 6) is -0.360. The molecule has 5 nitrogen and oxygen atoms in total. The van der Waals surface area contributed by atoms with Gasteiger partial charge in [-0.3, -0.25) is 4.31 Å². The highest BCUT2D eigenvalue weighted by Crippen LogP contribution is 2.35. The second-order valence-corrected chi connectivity index (χ2v) is 9.65. The molecule has 0 radical (unpaired) electrons. The molecule has 4 rings (SSSR count). The molecule has 0 saturated carbocycles. The van der Waals surface area contributed by atoms with Crippen LogP contribution in [0.15, 0.2) is 77.7 Å². The number of benzene rings is 3. The Hall–Kier alpha value is -2.97. The summed E-state index contributed by atoms with van der Waals surface area (Å²) in [6.45, 7) is 1.87. The number of fused-ring (bicyclic) bond motifs is 1. The molecule has 3 aromatic rings. The summed E-state index contributed by atoms with van der Waals surface area (Å²) in [6.07, 6.45) is 1.28. The number of para-hydroxylation sites is 1.